The van der Waals surface area contributed by atoms with Gasteiger partial charge in [-0.05, 0) is 6.92 Å². The van der Waals surface area contributed by atoms with E-state index in [-0.39, 0.29) is 0 Å². The minimum Gasteiger partial charge on any atom is -0.325 e. The molecule has 0 N–H and O–H groups in total. The molecule has 0 aliphatic rings. The Hall–Kier alpha value is -0.820. The van der Waals surface area contributed by atoms with Crippen molar-refractivity contribution in [2.45, 2.75) is 13.5 Å². The van der Waals surface area contributed by atoms with Gasteiger partial charge in [-0.1, -0.05) is 30.3 Å². The third-order valence-corrected chi connectivity index (χ3v) is 2.31. The predicted molar refractivity (Wildman–Crippen MR) is 52.8 cm³/mol. The van der Waals surface area contributed by atoms with E-state index in [2.05, 4.69) is 51.4 Å². The number of quaternary nitrogens is 1. The van der Waals surface area contributed by atoms with Gasteiger partial charge in [-0.25, -0.2) is 0 Å². The van der Waals surface area contributed by atoms with E-state index >= 15 is 0 Å². The Morgan fingerprint density at radius 2 is 1.67 bits per heavy atom. The molecule has 0 spiro atoms. The summed E-state index contributed by atoms with van der Waals surface area (Å²) in [6.07, 6.45) is 0. The standard InChI is InChI=1S/C11H18N/c1-4-12(2,3)10-11-8-6-5-7-9-11/h5-9H,4,10H2,1-3H3/q+1. The van der Waals surface area contributed by atoms with Gasteiger partial charge in [0.05, 0.1) is 20.6 Å². The fraction of sp³-hybridized carbons (Fsp3) is 0.455. The summed E-state index contributed by atoms with van der Waals surface area (Å²) in [5, 5.41) is 0. The molecule has 1 nitrogen and oxygen atoms in total. The lowest BCUT2D eigenvalue weighted by molar-refractivity contribution is -0.901. The third-order valence-electron chi connectivity index (χ3n) is 2.31. The highest BCUT2D eigenvalue weighted by Gasteiger charge is 2.11. The zero-order chi connectivity index (χ0) is 9.03. The molecular weight excluding hydrogens is 146 g/mol. The molecule has 0 amide bonds. The average Bonchev–Trinajstić information content (AvgIpc) is 2.06. The summed E-state index contributed by atoms with van der Waals surface area (Å²) < 4.78 is 1.06. The average molecular weight is 164 g/mol. The zero-order valence-corrected chi connectivity index (χ0v) is 8.25. The Morgan fingerprint density at radius 1 is 1.08 bits per heavy atom. The van der Waals surface area contributed by atoms with Crippen molar-refractivity contribution in [1.82, 2.24) is 0 Å². The number of rotatable bonds is 3. The van der Waals surface area contributed by atoms with E-state index < -0.39 is 0 Å². The van der Waals surface area contributed by atoms with Gasteiger partial charge in [0.15, 0.2) is 0 Å². The molecule has 0 aromatic heterocycles. The van der Waals surface area contributed by atoms with Crippen LogP contribution in [-0.4, -0.2) is 25.1 Å². The Kier molecular flexibility index (Phi) is 2.88. The van der Waals surface area contributed by atoms with E-state index in [0.717, 1.165) is 11.0 Å². The van der Waals surface area contributed by atoms with E-state index in [9.17, 15) is 0 Å². The van der Waals surface area contributed by atoms with Gasteiger partial charge in [0, 0.05) is 5.56 Å². The van der Waals surface area contributed by atoms with Gasteiger partial charge < -0.3 is 4.48 Å². The van der Waals surface area contributed by atoms with Crippen LogP contribution in [0.2, 0.25) is 0 Å². The van der Waals surface area contributed by atoms with Crippen molar-refractivity contribution in [2.75, 3.05) is 20.6 Å². The summed E-state index contributed by atoms with van der Waals surface area (Å²) in [6, 6.07) is 10.6. The second-order valence-corrected chi connectivity index (χ2v) is 3.90. The second kappa shape index (κ2) is 3.72. The molecule has 0 aliphatic carbocycles. The summed E-state index contributed by atoms with van der Waals surface area (Å²) in [7, 11) is 4.51. The van der Waals surface area contributed by atoms with Crippen LogP contribution in [0.1, 0.15) is 12.5 Å². The SMILES string of the molecule is CC[N+](C)(C)Cc1ccccc1. The lowest BCUT2D eigenvalue weighted by Crippen LogP contribution is -2.38. The molecule has 1 rings (SSSR count). The lowest BCUT2D eigenvalue weighted by atomic mass is 10.2. The summed E-state index contributed by atoms with van der Waals surface area (Å²) in [5.74, 6) is 0. The molecule has 0 saturated carbocycles. The molecule has 0 fully saturated rings. The molecular formula is C11H18N+. The number of benzene rings is 1. The molecule has 0 unspecified atom stereocenters. The normalized spacial score (nSPS) is 11.6. The summed E-state index contributed by atoms with van der Waals surface area (Å²) in [4.78, 5) is 0. The van der Waals surface area contributed by atoms with Gasteiger partial charge in [-0.15, -0.1) is 0 Å². The minimum atomic E-state index is 1.06. The molecule has 0 aliphatic heterocycles. The van der Waals surface area contributed by atoms with Crippen molar-refractivity contribution < 1.29 is 4.48 Å². The molecule has 1 aromatic carbocycles. The third kappa shape index (κ3) is 2.67. The summed E-state index contributed by atoms with van der Waals surface area (Å²) in [6.45, 7) is 4.52. The first-order valence-corrected chi connectivity index (χ1v) is 4.50. The van der Waals surface area contributed by atoms with Crippen molar-refractivity contribution in [1.29, 1.82) is 0 Å². The Bertz CT molecular complexity index is 226. The highest BCUT2D eigenvalue weighted by molar-refractivity contribution is 5.13. The number of hydrogen-bond donors (Lipinski definition) is 0. The smallest absolute Gasteiger partial charge is 0.104 e. The molecule has 0 bridgehead atoms. The zero-order valence-electron chi connectivity index (χ0n) is 8.25. The highest BCUT2D eigenvalue weighted by Crippen LogP contribution is 2.07. The van der Waals surface area contributed by atoms with Crippen LogP contribution >= 0.6 is 0 Å². The fourth-order valence-electron chi connectivity index (χ4n) is 1.19. The lowest BCUT2D eigenvalue weighted by Gasteiger charge is -2.28. The highest BCUT2D eigenvalue weighted by atomic mass is 15.3. The topological polar surface area (TPSA) is 0 Å². The van der Waals surface area contributed by atoms with Crippen molar-refractivity contribution in [2.24, 2.45) is 0 Å². The van der Waals surface area contributed by atoms with Crippen molar-refractivity contribution in [3.63, 3.8) is 0 Å². The van der Waals surface area contributed by atoms with E-state index in [4.69, 9.17) is 0 Å². The monoisotopic (exact) mass is 164 g/mol. The number of hydrogen-bond acceptors (Lipinski definition) is 0. The van der Waals surface area contributed by atoms with Crippen molar-refractivity contribution in [3.8, 4) is 0 Å². The molecule has 12 heavy (non-hydrogen) atoms. The molecule has 0 saturated heterocycles. The van der Waals surface area contributed by atoms with Crippen molar-refractivity contribution >= 4 is 0 Å². The van der Waals surface area contributed by atoms with Crippen LogP contribution in [0.5, 0.6) is 0 Å². The summed E-state index contributed by atoms with van der Waals surface area (Å²) >= 11 is 0. The fourth-order valence-corrected chi connectivity index (χ4v) is 1.19. The molecule has 66 valence electrons. The first-order chi connectivity index (χ1) is 5.64. The van der Waals surface area contributed by atoms with Gasteiger partial charge in [-0.2, -0.15) is 0 Å². The summed E-state index contributed by atoms with van der Waals surface area (Å²) in [5.41, 5.74) is 1.42. The van der Waals surface area contributed by atoms with Crippen LogP contribution in [0.4, 0.5) is 0 Å². The van der Waals surface area contributed by atoms with Crippen LogP contribution in [0, 0.1) is 0 Å². The van der Waals surface area contributed by atoms with Gasteiger partial charge >= 0.3 is 0 Å². The maximum Gasteiger partial charge on any atom is 0.104 e. The van der Waals surface area contributed by atoms with Gasteiger partial charge in [0.25, 0.3) is 0 Å². The van der Waals surface area contributed by atoms with Gasteiger partial charge in [0.2, 0.25) is 0 Å². The molecule has 0 atom stereocenters. The molecule has 0 heterocycles. The van der Waals surface area contributed by atoms with Crippen LogP contribution in [0.25, 0.3) is 0 Å². The maximum absolute atomic E-state index is 2.26. The van der Waals surface area contributed by atoms with Gasteiger partial charge in [-0.3, -0.25) is 0 Å². The second-order valence-electron chi connectivity index (χ2n) is 3.90. The van der Waals surface area contributed by atoms with Crippen LogP contribution < -0.4 is 0 Å². The van der Waals surface area contributed by atoms with Crippen LogP contribution in [-0.2, 0) is 6.54 Å². The quantitative estimate of drug-likeness (QED) is 0.601. The van der Waals surface area contributed by atoms with E-state index in [0.29, 0.717) is 0 Å². The largest absolute Gasteiger partial charge is 0.325 e. The van der Waals surface area contributed by atoms with Gasteiger partial charge in [0.1, 0.15) is 6.54 Å². The Morgan fingerprint density at radius 3 is 2.17 bits per heavy atom. The predicted octanol–water partition coefficient (Wildman–Crippen LogP) is 2.28. The van der Waals surface area contributed by atoms with Crippen LogP contribution in [0.3, 0.4) is 0 Å². The molecule has 1 aromatic rings. The number of nitrogens with zero attached hydrogens (tertiary/aromatic N) is 1. The first kappa shape index (κ1) is 9.27. The maximum atomic E-state index is 2.26. The molecule has 0 radical (unpaired) electrons. The van der Waals surface area contributed by atoms with E-state index in [1.54, 1.807) is 0 Å². The minimum absolute atomic E-state index is 1.06. The Balaban J connectivity index is 2.64. The molecule has 1 heteroatoms. The Labute approximate surface area is 75.2 Å². The van der Waals surface area contributed by atoms with Crippen LogP contribution in [0.15, 0.2) is 30.3 Å². The first-order valence-electron chi connectivity index (χ1n) is 4.50. The van der Waals surface area contributed by atoms with Crippen molar-refractivity contribution in [3.05, 3.63) is 35.9 Å². The van der Waals surface area contributed by atoms with E-state index in [1.807, 2.05) is 0 Å². The van der Waals surface area contributed by atoms with E-state index in [1.165, 1.54) is 12.1 Å².